The van der Waals surface area contributed by atoms with Gasteiger partial charge >= 0.3 is 6.03 Å². The lowest BCUT2D eigenvalue weighted by Crippen LogP contribution is -2.38. The first-order chi connectivity index (χ1) is 15.1. The Hall–Kier alpha value is -2.83. The Kier molecular flexibility index (Phi) is 6.89. The molecule has 1 fully saturated rings. The van der Waals surface area contributed by atoms with Gasteiger partial charge in [-0.3, -0.25) is 9.97 Å². The van der Waals surface area contributed by atoms with Crippen LogP contribution in [0.1, 0.15) is 17.5 Å². The number of halogens is 2. The molecule has 0 bridgehead atoms. The van der Waals surface area contributed by atoms with Crippen LogP contribution >= 0.6 is 23.2 Å². The average molecular weight is 456 g/mol. The van der Waals surface area contributed by atoms with E-state index in [0.29, 0.717) is 41.8 Å². The van der Waals surface area contributed by atoms with Crippen LogP contribution in [0.4, 0.5) is 16.2 Å². The maximum atomic E-state index is 12.8. The predicted octanol–water partition coefficient (Wildman–Crippen LogP) is 5.12. The highest BCUT2D eigenvalue weighted by molar-refractivity contribution is 6.33. The molecule has 0 spiro atoms. The highest BCUT2D eigenvalue weighted by Crippen LogP contribution is 2.31. The van der Waals surface area contributed by atoms with Gasteiger partial charge in [0.15, 0.2) is 0 Å². The summed E-state index contributed by atoms with van der Waals surface area (Å²) in [5.41, 5.74) is 3.83. The first kappa shape index (κ1) is 21.4. The van der Waals surface area contributed by atoms with E-state index in [2.05, 4.69) is 20.2 Å². The summed E-state index contributed by atoms with van der Waals surface area (Å²) in [6.45, 7) is 2.76. The van der Waals surface area contributed by atoms with E-state index in [-0.39, 0.29) is 6.03 Å². The molecule has 1 aliphatic heterocycles. The molecule has 0 radical (unpaired) electrons. The average Bonchev–Trinajstić information content (AvgIpc) is 3.01. The Bertz CT molecular complexity index is 1050. The van der Waals surface area contributed by atoms with Crippen molar-refractivity contribution in [3.63, 3.8) is 0 Å². The summed E-state index contributed by atoms with van der Waals surface area (Å²) in [5.74, 6) is 0. The van der Waals surface area contributed by atoms with E-state index in [9.17, 15) is 4.79 Å². The number of aromatic nitrogens is 2. The first-order valence-electron chi connectivity index (χ1n) is 10.2. The normalized spacial score (nSPS) is 14.3. The van der Waals surface area contributed by atoms with Gasteiger partial charge in [-0.1, -0.05) is 35.3 Å². The SMILES string of the molecule is O=C(Nc1cccc(Cl)c1)N1CCCN(c2c(Cl)cncc2Cc2cccnc2)CC1. The molecule has 0 atom stereocenters. The zero-order valence-corrected chi connectivity index (χ0v) is 18.5. The Morgan fingerprint density at radius 2 is 1.90 bits per heavy atom. The number of rotatable bonds is 4. The van der Waals surface area contributed by atoms with Gasteiger partial charge in [-0.15, -0.1) is 0 Å². The van der Waals surface area contributed by atoms with Crippen molar-refractivity contribution in [1.29, 1.82) is 0 Å². The molecular formula is C23H23Cl2N5O. The second-order valence-electron chi connectivity index (χ2n) is 7.44. The summed E-state index contributed by atoms with van der Waals surface area (Å²) >= 11 is 12.6. The quantitative estimate of drug-likeness (QED) is 0.592. The predicted molar refractivity (Wildman–Crippen MR) is 125 cm³/mol. The van der Waals surface area contributed by atoms with Crippen LogP contribution in [-0.4, -0.2) is 47.1 Å². The molecule has 4 rings (SSSR count). The molecule has 6 nitrogen and oxygen atoms in total. The van der Waals surface area contributed by atoms with E-state index in [1.54, 1.807) is 24.5 Å². The lowest BCUT2D eigenvalue weighted by Gasteiger charge is -2.27. The van der Waals surface area contributed by atoms with Crippen LogP contribution < -0.4 is 10.2 Å². The summed E-state index contributed by atoms with van der Waals surface area (Å²) in [7, 11) is 0. The second kappa shape index (κ2) is 9.98. The lowest BCUT2D eigenvalue weighted by atomic mass is 10.1. The highest BCUT2D eigenvalue weighted by Gasteiger charge is 2.22. The van der Waals surface area contributed by atoms with Crippen LogP contribution in [0.2, 0.25) is 10.0 Å². The molecule has 1 N–H and O–H groups in total. The van der Waals surface area contributed by atoms with Crippen LogP contribution in [0.3, 0.4) is 0 Å². The van der Waals surface area contributed by atoms with Gasteiger partial charge in [-0.2, -0.15) is 0 Å². The van der Waals surface area contributed by atoms with Crippen molar-refractivity contribution in [3.05, 3.63) is 82.4 Å². The Morgan fingerprint density at radius 1 is 1.00 bits per heavy atom. The van der Waals surface area contributed by atoms with Crippen molar-refractivity contribution in [2.45, 2.75) is 12.8 Å². The summed E-state index contributed by atoms with van der Waals surface area (Å²) in [6, 6.07) is 11.0. The molecule has 1 aromatic carbocycles. The minimum absolute atomic E-state index is 0.125. The molecule has 31 heavy (non-hydrogen) atoms. The molecule has 0 unspecified atom stereocenters. The fraction of sp³-hybridized carbons (Fsp3) is 0.261. The van der Waals surface area contributed by atoms with Gasteiger partial charge in [0.1, 0.15) is 0 Å². The topological polar surface area (TPSA) is 61.4 Å². The smallest absolute Gasteiger partial charge is 0.321 e. The van der Waals surface area contributed by atoms with Gasteiger partial charge < -0.3 is 15.1 Å². The van der Waals surface area contributed by atoms with Crippen LogP contribution in [0.25, 0.3) is 0 Å². The third-order valence-corrected chi connectivity index (χ3v) is 5.75. The van der Waals surface area contributed by atoms with Crippen molar-refractivity contribution in [2.75, 3.05) is 36.4 Å². The van der Waals surface area contributed by atoms with Crippen molar-refractivity contribution in [3.8, 4) is 0 Å². The Morgan fingerprint density at radius 3 is 2.71 bits per heavy atom. The standard InChI is InChI=1S/C23H23Cl2N5O/c24-19-5-1-6-20(13-19)28-23(31)30-9-3-8-29(10-11-30)22-18(15-27-16-21(22)25)12-17-4-2-7-26-14-17/h1-2,4-7,13-16H,3,8-12H2,(H,28,31). The largest absolute Gasteiger partial charge is 0.368 e. The van der Waals surface area contributed by atoms with E-state index in [4.69, 9.17) is 23.2 Å². The minimum Gasteiger partial charge on any atom is -0.368 e. The first-order valence-corrected chi connectivity index (χ1v) is 10.9. The number of carbonyl (C=O) groups excluding carboxylic acids is 1. The van der Waals surface area contributed by atoms with Gasteiger partial charge in [-0.05, 0) is 41.8 Å². The molecule has 0 saturated carbocycles. The monoisotopic (exact) mass is 455 g/mol. The number of carbonyl (C=O) groups is 1. The number of hydrogen-bond acceptors (Lipinski definition) is 4. The van der Waals surface area contributed by atoms with E-state index in [1.165, 1.54) is 0 Å². The zero-order valence-electron chi connectivity index (χ0n) is 17.0. The van der Waals surface area contributed by atoms with Crippen molar-refractivity contribution < 1.29 is 4.79 Å². The van der Waals surface area contributed by atoms with Crippen molar-refractivity contribution >= 4 is 40.6 Å². The van der Waals surface area contributed by atoms with E-state index in [1.807, 2.05) is 41.6 Å². The third-order valence-electron chi connectivity index (χ3n) is 5.24. The Balaban J connectivity index is 1.47. The molecule has 8 heteroatoms. The molecular weight excluding hydrogens is 433 g/mol. The molecule has 2 amide bonds. The fourth-order valence-electron chi connectivity index (χ4n) is 3.79. The number of urea groups is 1. The number of pyridine rings is 2. The summed E-state index contributed by atoms with van der Waals surface area (Å²) in [4.78, 5) is 25.3. The summed E-state index contributed by atoms with van der Waals surface area (Å²) in [6.07, 6.45) is 8.70. The third kappa shape index (κ3) is 5.46. The number of nitrogens with one attached hydrogen (secondary N) is 1. The van der Waals surface area contributed by atoms with Gasteiger partial charge in [-0.25, -0.2) is 4.79 Å². The highest BCUT2D eigenvalue weighted by atomic mass is 35.5. The number of anilines is 2. The zero-order chi connectivity index (χ0) is 21.6. The van der Waals surface area contributed by atoms with Crippen LogP contribution in [0.5, 0.6) is 0 Å². The van der Waals surface area contributed by atoms with E-state index < -0.39 is 0 Å². The van der Waals surface area contributed by atoms with E-state index in [0.717, 1.165) is 29.8 Å². The molecule has 1 saturated heterocycles. The molecule has 2 aromatic heterocycles. The molecule has 160 valence electrons. The van der Waals surface area contributed by atoms with Gasteiger partial charge in [0.2, 0.25) is 0 Å². The maximum absolute atomic E-state index is 12.8. The Labute approximate surface area is 191 Å². The maximum Gasteiger partial charge on any atom is 0.321 e. The number of hydrogen-bond donors (Lipinski definition) is 1. The second-order valence-corrected chi connectivity index (χ2v) is 8.28. The number of amides is 2. The molecule has 0 aliphatic carbocycles. The lowest BCUT2D eigenvalue weighted by molar-refractivity contribution is 0.215. The fourth-order valence-corrected chi connectivity index (χ4v) is 4.27. The summed E-state index contributed by atoms with van der Waals surface area (Å²) in [5, 5.41) is 4.15. The summed E-state index contributed by atoms with van der Waals surface area (Å²) < 4.78 is 0. The van der Waals surface area contributed by atoms with Crippen LogP contribution in [-0.2, 0) is 6.42 Å². The van der Waals surface area contributed by atoms with E-state index >= 15 is 0 Å². The van der Waals surface area contributed by atoms with Gasteiger partial charge in [0.25, 0.3) is 0 Å². The van der Waals surface area contributed by atoms with Crippen molar-refractivity contribution in [1.82, 2.24) is 14.9 Å². The van der Waals surface area contributed by atoms with Crippen molar-refractivity contribution in [2.24, 2.45) is 0 Å². The molecule has 3 aromatic rings. The van der Waals surface area contributed by atoms with Gasteiger partial charge in [0, 0.05) is 68.1 Å². The van der Waals surface area contributed by atoms with Gasteiger partial charge in [0.05, 0.1) is 10.7 Å². The molecule has 3 heterocycles. The van der Waals surface area contributed by atoms with Crippen LogP contribution in [0, 0.1) is 0 Å². The number of benzene rings is 1. The van der Waals surface area contributed by atoms with Crippen LogP contribution in [0.15, 0.2) is 61.2 Å². The minimum atomic E-state index is -0.125. The molecule has 1 aliphatic rings. The number of nitrogens with zero attached hydrogens (tertiary/aromatic N) is 4.